The second-order valence-electron chi connectivity index (χ2n) is 8.36. The van der Waals surface area contributed by atoms with Crippen molar-refractivity contribution in [3.63, 3.8) is 0 Å². The number of unbranched alkanes of at least 4 members (excludes halogenated alkanes) is 5. The van der Waals surface area contributed by atoms with Crippen LogP contribution < -0.4 is 0 Å². The Morgan fingerprint density at radius 1 is 0.903 bits per heavy atom. The Labute approximate surface area is 190 Å². The molecule has 0 aliphatic heterocycles. The van der Waals surface area contributed by atoms with Gasteiger partial charge in [0.2, 0.25) is 5.79 Å². The van der Waals surface area contributed by atoms with Crippen LogP contribution in [0, 0.1) is 5.92 Å². The molecule has 0 radical (unpaired) electrons. The third-order valence-corrected chi connectivity index (χ3v) is 5.43. The van der Waals surface area contributed by atoms with Gasteiger partial charge >= 0.3 is 5.97 Å². The van der Waals surface area contributed by atoms with Crippen LogP contribution in [-0.4, -0.2) is 25.8 Å². The summed E-state index contributed by atoms with van der Waals surface area (Å²) in [6.07, 6.45) is 9.90. The molecule has 1 atom stereocenters. The fourth-order valence-electron chi connectivity index (χ4n) is 3.71. The Bertz CT molecular complexity index is 603. The first-order chi connectivity index (χ1) is 15.0. The zero-order chi connectivity index (χ0) is 23.0. The van der Waals surface area contributed by atoms with E-state index in [9.17, 15) is 4.79 Å². The summed E-state index contributed by atoms with van der Waals surface area (Å²) in [7, 11) is 0. The highest BCUT2D eigenvalue weighted by atomic mass is 16.7. The first kappa shape index (κ1) is 27.4. The van der Waals surface area contributed by atoms with Crippen molar-refractivity contribution in [2.24, 2.45) is 5.92 Å². The average Bonchev–Trinajstić information content (AvgIpc) is 2.79. The molecule has 176 valence electrons. The highest BCUT2D eigenvalue weighted by Crippen LogP contribution is 2.39. The largest absolute Gasteiger partial charge is 0.462 e. The normalized spacial score (nSPS) is 12.5. The van der Waals surface area contributed by atoms with Gasteiger partial charge in [-0.15, -0.1) is 0 Å². The number of benzene rings is 1. The zero-order valence-electron chi connectivity index (χ0n) is 20.3. The Hall–Kier alpha value is -1.65. The molecule has 4 nitrogen and oxygen atoms in total. The van der Waals surface area contributed by atoms with Crippen molar-refractivity contribution in [1.82, 2.24) is 0 Å². The van der Waals surface area contributed by atoms with Gasteiger partial charge in [0.15, 0.2) is 0 Å². The van der Waals surface area contributed by atoms with Crippen LogP contribution in [-0.2, 0) is 24.8 Å². The minimum atomic E-state index is -0.925. The highest BCUT2D eigenvalue weighted by molar-refractivity contribution is 5.86. The molecule has 0 aliphatic carbocycles. The highest BCUT2D eigenvalue weighted by Gasteiger charge is 2.43. The Morgan fingerprint density at radius 3 is 2.03 bits per heavy atom. The molecule has 1 rings (SSSR count). The lowest BCUT2D eigenvalue weighted by Gasteiger charge is -2.40. The first-order valence-electron chi connectivity index (χ1n) is 12.2. The summed E-state index contributed by atoms with van der Waals surface area (Å²) in [5.74, 6) is -1.38. The summed E-state index contributed by atoms with van der Waals surface area (Å²) in [5.41, 5.74) is 1.40. The maximum atomic E-state index is 12.2. The van der Waals surface area contributed by atoms with Gasteiger partial charge in [0.05, 0.1) is 25.7 Å². The molecule has 1 aromatic rings. The van der Waals surface area contributed by atoms with Gasteiger partial charge in [0, 0.05) is 11.1 Å². The smallest absolute Gasteiger partial charge is 0.333 e. The molecule has 0 heterocycles. The van der Waals surface area contributed by atoms with Gasteiger partial charge in [0.25, 0.3) is 0 Å². The van der Waals surface area contributed by atoms with Gasteiger partial charge in [-0.3, -0.25) is 0 Å². The summed E-state index contributed by atoms with van der Waals surface area (Å²) in [5, 5.41) is 0. The van der Waals surface area contributed by atoms with Gasteiger partial charge in [-0.25, -0.2) is 4.79 Å². The average molecular weight is 433 g/mol. The second-order valence-corrected chi connectivity index (χ2v) is 8.36. The number of ether oxygens (including phenoxy) is 3. The maximum absolute atomic E-state index is 12.2. The fraction of sp³-hybridized carbons (Fsp3) is 0.667. The standard InChI is InChI=1S/C27H44O4/c1-6-9-10-11-12-14-19-25(22-29-26(28)23(4)5)27(30-20-7-2,31-21-8-3)24-17-15-13-16-18-24/h13,15-18,25H,4,6-12,14,19-22H2,1-3,5H3. The van der Waals surface area contributed by atoms with Crippen LogP contribution in [0.25, 0.3) is 0 Å². The van der Waals surface area contributed by atoms with E-state index in [0.29, 0.717) is 18.8 Å². The van der Waals surface area contributed by atoms with E-state index in [1.165, 1.54) is 25.7 Å². The van der Waals surface area contributed by atoms with Crippen molar-refractivity contribution in [2.75, 3.05) is 19.8 Å². The molecule has 0 aromatic heterocycles. The summed E-state index contributed by atoms with van der Waals surface area (Å²) in [4.78, 5) is 12.2. The fourth-order valence-corrected chi connectivity index (χ4v) is 3.71. The number of carbonyl (C=O) groups is 1. The van der Waals surface area contributed by atoms with E-state index in [1.54, 1.807) is 6.92 Å². The summed E-state index contributed by atoms with van der Waals surface area (Å²) < 4.78 is 18.6. The maximum Gasteiger partial charge on any atom is 0.333 e. The van der Waals surface area contributed by atoms with E-state index in [0.717, 1.165) is 37.7 Å². The molecule has 1 aromatic carbocycles. The van der Waals surface area contributed by atoms with Gasteiger partial charge in [-0.05, 0) is 26.2 Å². The second kappa shape index (κ2) is 16.0. The van der Waals surface area contributed by atoms with Gasteiger partial charge in [-0.2, -0.15) is 0 Å². The molecule has 0 aliphatic rings. The van der Waals surface area contributed by atoms with E-state index in [2.05, 4.69) is 39.5 Å². The lowest BCUT2D eigenvalue weighted by molar-refractivity contribution is -0.285. The Kier molecular flexibility index (Phi) is 14.2. The Morgan fingerprint density at radius 2 is 1.48 bits per heavy atom. The number of hydrogen-bond acceptors (Lipinski definition) is 4. The minimum absolute atomic E-state index is 0.0949. The monoisotopic (exact) mass is 432 g/mol. The molecule has 0 amide bonds. The molecule has 0 N–H and O–H groups in total. The molecule has 0 saturated carbocycles. The number of hydrogen-bond donors (Lipinski definition) is 0. The Balaban J connectivity index is 3.15. The van der Waals surface area contributed by atoms with Crippen LogP contribution in [0.1, 0.15) is 91.0 Å². The van der Waals surface area contributed by atoms with Crippen LogP contribution in [0.15, 0.2) is 42.5 Å². The summed E-state index contributed by atoms with van der Waals surface area (Å²) in [6.45, 7) is 13.2. The molecule has 1 unspecified atom stereocenters. The number of rotatable bonds is 18. The molecule has 0 spiro atoms. The molecule has 0 saturated heterocycles. The number of esters is 1. The SMILES string of the molecule is C=C(C)C(=O)OCC(CCCCCCCC)C(OCCC)(OCCC)c1ccccc1. The van der Waals surface area contributed by atoms with Gasteiger partial charge in [-0.1, -0.05) is 96.2 Å². The lowest BCUT2D eigenvalue weighted by atomic mass is 9.87. The van der Waals surface area contributed by atoms with Crippen LogP contribution in [0.2, 0.25) is 0 Å². The van der Waals surface area contributed by atoms with Gasteiger partial charge < -0.3 is 14.2 Å². The van der Waals surface area contributed by atoms with Crippen molar-refractivity contribution < 1.29 is 19.0 Å². The van der Waals surface area contributed by atoms with Crippen LogP contribution >= 0.6 is 0 Å². The third-order valence-electron chi connectivity index (χ3n) is 5.43. The number of carbonyl (C=O) groups excluding carboxylic acids is 1. The molecule has 0 bridgehead atoms. The minimum Gasteiger partial charge on any atom is -0.462 e. The van der Waals surface area contributed by atoms with Crippen molar-refractivity contribution in [2.45, 2.75) is 91.3 Å². The third kappa shape index (κ3) is 9.57. The molecule has 31 heavy (non-hydrogen) atoms. The van der Waals surface area contributed by atoms with E-state index < -0.39 is 5.79 Å². The van der Waals surface area contributed by atoms with Crippen LogP contribution in [0.4, 0.5) is 0 Å². The lowest BCUT2D eigenvalue weighted by Crippen LogP contribution is -2.44. The predicted molar refractivity (Wildman–Crippen MR) is 128 cm³/mol. The van der Waals surface area contributed by atoms with E-state index >= 15 is 0 Å². The van der Waals surface area contributed by atoms with Crippen LogP contribution in [0.5, 0.6) is 0 Å². The summed E-state index contributed by atoms with van der Waals surface area (Å²) in [6, 6.07) is 10.1. The first-order valence-corrected chi connectivity index (χ1v) is 12.2. The van der Waals surface area contributed by atoms with Crippen molar-refractivity contribution >= 4 is 5.97 Å². The molecule has 0 fully saturated rings. The summed E-state index contributed by atoms with van der Waals surface area (Å²) >= 11 is 0. The van der Waals surface area contributed by atoms with Crippen molar-refractivity contribution in [1.29, 1.82) is 0 Å². The topological polar surface area (TPSA) is 44.8 Å². The predicted octanol–water partition coefficient (Wildman–Crippen LogP) is 7.18. The van der Waals surface area contributed by atoms with Gasteiger partial charge in [0.1, 0.15) is 0 Å². The molecular weight excluding hydrogens is 388 g/mol. The van der Waals surface area contributed by atoms with Crippen molar-refractivity contribution in [3.05, 3.63) is 48.0 Å². The zero-order valence-corrected chi connectivity index (χ0v) is 20.3. The van der Waals surface area contributed by atoms with Crippen LogP contribution in [0.3, 0.4) is 0 Å². The van der Waals surface area contributed by atoms with E-state index in [1.807, 2.05) is 18.2 Å². The van der Waals surface area contributed by atoms with Crippen molar-refractivity contribution in [3.8, 4) is 0 Å². The quantitative estimate of drug-likeness (QED) is 0.107. The molecular formula is C27H44O4. The van der Waals surface area contributed by atoms with E-state index in [4.69, 9.17) is 14.2 Å². The van der Waals surface area contributed by atoms with E-state index in [-0.39, 0.29) is 18.5 Å². The molecule has 4 heteroatoms.